The number of nitrogens with zero attached hydrogens (tertiary/aromatic N) is 2. The molecule has 0 unspecified atom stereocenters. The molecule has 2 aromatic heterocycles. The highest BCUT2D eigenvalue weighted by Crippen LogP contribution is 2.31. The number of rotatable bonds is 4. The second kappa shape index (κ2) is 6.09. The van der Waals surface area contributed by atoms with E-state index >= 15 is 0 Å². The van der Waals surface area contributed by atoms with Gasteiger partial charge in [-0.25, -0.2) is 0 Å². The Balaban J connectivity index is 1.85. The van der Waals surface area contributed by atoms with Crippen LogP contribution >= 0.6 is 0 Å². The monoisotopic (exact) mass is 330 g/mol. The predicted molar refractivity (Wildman–Crippen MR) is 91.7 cm³/mol. The molecule has 6 nitrogen and oxygen atoms in total. The van der Waals surface area contributed by atoms with Crippen molar-refractivity contribution in [2.45, 2.75) is 59.0 Å². The fourth-order valence-corrected chi connectivity index (χ4v) is 3.38. The molecule has 0 spiro atoms. The maximum Gasteiger partial charge on any atom is 0.284 e. The van der Waals surface area contributed by atoms with E-state index < -0.39 is 5.91 Å². The van der Waals surface area contributed by atoms with Crippen LogP contribution in [0.1, 0.15) is 66.5 Å². The Hall–Kier alpha value is -2.08. The third-order valence-electron chi connectivity index (χ3n) is 4.56. The van der Waals surface area contributed by atoms with Crippen molar-refractivity contribution in [3.05, 3.63) is 40.1 Å². The van der Waals surface area contributed by atoms with Crippen LogP contribution < -0.4 is 5.73 Å². The third-order valence-corrected chi connectivity index (χ3v) is 4.56. The number of H-pyrrole nitrogens is 1. The minimum atomic E-state index is -0.518. The third kappa shape index (κ3) is 3.11. The van der Waals surface area contributed by atoms with Crippen LogP contribution in [0.4, 0.5) is 0 Å². The normalized spacial score (nSPS) is 15.5. The number of amides is 1. The zero-order valence-electron chi connectivity index (χ0n) is 14.9. The summed E-state index contributed by atoms with van der Waals surface area (Å²) in [6.07, 6.45) is 1.90. The molecule has 1 amide bonds. The number of hydrogen-bond acceptors (Lipinski definition) is 4. The summed E-state index contributed by atoms with van der Waals surface area (Å²) in [4.78, 5) is 13.9. The second-order valence-electron chi connectivity index (χ2n) is 7.52. The average Bonchev–Trinajstić information content (AvgIpc) is 3.10. The van der Waals surface area contributed by atoms with Crippen molar-refractivity contribution in [3.63, 3.8) is 0 Å². The molecule has 1 aliphatic heterocycles. The number of carbonyl (C=O) groups is 1. The first-order valence-corrected chi connectivity index (χ1v) is 8.50. The number of aromatic nitrogens is 2. The van der Waals surface area contributed by atoms with E-state index in [0.717, 1.165) is 49.5 Å². The number of aryl methyl sites for hydroxylation is 1. The fraction of sp³-hybridized carbons (Fsp3) is 0.556. The van der Waals surface area contributed by atoms with Gasteiger partial charge in [0.25, 0.3) is 5.91 Å². The van der Waals surface area contributed by atoms with Gasteiger partial charge < -0.3 is 10.2 Å². The first-order chi connectivity index (χ1) is 11.3. The number of carbonyl (C=O) groups excluding carboxylic acids is 1. The Labute approximate surface area is 142 Å². The maximum atomic E-state index is 11.5. The molecule has 3 heterocycles. The molecule has 24 heavy (non-hydrogen) atoms. The smallest absolute Gasteiger partial charge is 0.284 e. The van der Waals surface area contributed by atoms with Crippen molar-refractivity contribution >= 4 is 5.91 Å². The number of primary amides is 1. The molecular weight excluding hydrogens is 304 g/mol. The topological polar surface area (TPSA) is 88.1 Å². The summed E-state index contributed by atoms with van der Waals surface area (Å²) in [5, 5.41) is 7.57. The summed E-state index contributed by atoms with van der Waals surface area (Å²) < 4.78 is 5.76. The van der Waals surface area contributed by atoms with Crippen molar-refractivity contribution in [1.29, 1.82) is 0 Å². The van der Waals surface area contributed by atoms with Crippen molar-refractivity contribution in [2.24, 2.45) is 5.73 Å². The standard InChI is InChI=1S/C18H26N4O2/c1-5-13-12-10-22(7-6-14(12)21-20-13)9-11-8-15(17(19)23)24-16(11)18(2,3)4/h8H,5-7,9-10H2,1-4H3,(H2,19,23)(H,20,21). The molecule has 6 heteroatoms. The molecule has 3 rings (SSSR count). The molecule has 0 radical (unpaired) electrons. The van der Waals surface area contributed by atoms with E-state index in [1.165, 1.54) is 11.3 Å². The lowest BCUT2D eigenvalue weighted by atomic mass is 9.90. The summed E-state index contributed by atoms with van der Waals surface area (Å²) in [7, 11) is 0. The van der Waals surface area contributed by atoms with Gasteiger partial charge in [-0.05, 0) is 12.5 Å². The van der Waals surface area contributed by atoms with Crippen LogP contribution in [-0.2, 0) is 31.3 Å². The van der Waals surface area contributed by atoms with Gasteiger partial charge in [0.2, 0.25) is 0 Å². The number of hydrogen-bond donors (Lipinski definition) is 2. The highest BCUT2D eigenvalue weighted by molar-refractivity contribution is 5.90. The van der Waals surface area contributed by atoms with Gasteiger partial charge in [-0.15, -0.1) is 0 Å². The quantitative estimate of drug-likeness (QED) is 0.901. The lowest BCUT2D eigenvalue weighted by molar-refractivity contribution is 0.0970. The SMILES string of the molecule is CCc1n[nH]c2c1CN(Cc1cc(C(N)=O)oc1C(C)(C)C)CC2. The first-order valence-electron chi connectivity index (χ1n) is 8.50. The van der Waals surface area contributed by atoms with E-state index in [9.17, 15) is 4.79 Å². The van der Waals surface area contributed by atoms with Gasteiger partial charge in [0.1, 0.15) is 5.76 Å². The molecule has 130 valence electrons. The van der Waals surface area contributed by atoms with Gasteiger partial charge >= 0.3 is 0 Å². The molecule has 0 fully saturated rings. The summed E-state index contributed by atoms with van der Waals surface area (Å²) in [6.45, 7) is 11.0. The van der Waals surface area contributed by atoms with Crippen LogP contribution in [0.2, 0.25) is 0 Å². The lowest BCUT2D eigenvalue weighted by Gasteiger charge is -2.28. The maximum absolute atomic E-state index is 11.5. The Kier molecular flexibility index (Phi) is 4.25. The highest BCUT2D eigenvalue weighted by Gasteiger charge is 2.28. The number of aromatic amines is 1. The number of furan rings is 1. The van der Waals surface area contributed by atoms with Gasteiger partial charge in [0.05, 0.1) is 5.69 Å². The molecular formula is C18H26N4O2. The van der Waals surface area contributed by atoms with Crippen molar-refractivity contribution in [3.8, 4) is 0 Å². The summed E-state index contributed by atoms with van der Waals surface area (Å²) in [6, 6.07) is 1.80. The van der Waals surface area contributed by atoms with E-state index in [-0.39, 0.29) is 11.2 Å². The zero-order chi connectivity index (χ0) is 17.5. The zero-order valence-corrected chi connectivity index (χ0v) is 14.9. The molecule has 3 N–H and O–H groups in total. The summed E-state index contributed by atoms with van der Waals surface area (Å²) in [5.41, 5.74) is 9.99. The Morgan fingerprint density at radius 2 is 2.21 bits per heavy atom. The first kappa shape index (κ1) is 16.8. The van der Waals surface area contributed by atoms with E-state index in [2.05, 4.69) is 42.8 Å². The molecule has 0 saturated carbocycles. The molecule has 1 aliphatic rings. The minimum Gasteiger partial charge on any atom is -0.455 e. The van der Waals surface area contributed by atoms with Crippen LogP contribution in [0, 0.1) is 0 Å². The predicted octanol–water partition coefficient (Wildman–Crippen LogP) is 2.52. The Bertz CT molecular complexity index is 738. The molecule has 0 aliphatic carbocycles. The van der Waals surface area contributed by atoms with Gasteiger partial charge in [0, 0.05) is 48.3 Å². The van der Waals surface area contributed by atoms with E-state index in [1.807, 2.05) is 0 Å². The Morgan fingerprint density at radius 1 is 1.46 bits per heavy atom. The average molecular weight is 330 g/mol. The second-order valence-corrected chi connectivity index (χ2v) is 7.52. The van der Waals surface area contributed by atoms with Gasteiger partial charge in [-0.3, -0.25) is 14.8 Å². The van der Waals surface area contributed by atoms with Gasteiger partial charge in [-0.1, -0.05) is 27.7 Å². The van der Waals surface area contributed by atoms with Crippen molar-refractivity contribution < 1.29 is 9.21 Å². The van der Waals surface area contributed by atoms with Crippen LogP contribution in [0.3, 0.4) is 0 Å². The molecule has 2 aromatic rings. The minimum absolute atomic E-state index is 0.172. The van der Waals surface area contributed by atoms with E-state index in [4.69, 9.17) is 10.2 Å². The van der Waals surface area contributed by atoms with E-state index in [1.54, 1.807) is 6.07 Å². The van der Waals surface area contributed by atoms with Crippen LogP contribution in [0.5, 0.6) is 0 Å². The lowest BCUT2D eigenvalue weighted by Crippen LogP contribution is -2.31. The fourth-order valence-electron chi connectivity index (χ4n) is 3.38. The number of fused-ring (bicyclic) bond motifs is 1. The number of nitrogens with two attached hydrogens (primary N) is 1. The summed E-state index contributed by atoms with van der Waals surface area (Å²) in [5.74, 6) is 0.561. The van der Waals surface area contributed by atoms with Crippen LogP contribution in [-0.4, -0.2) is 27.5 Å². The van der Waals surface area contributed by atoms with Crippen molar-refractivity contribution in [2.75, 3.05) is 6.54 Å². The van der Waals surface area contributed by atoms with Gasteiger partial charge in [-0.2, -0.15) is 5.10 Å². The molecule has 0 bridgehead atoms. The number of nitrogens with one attached hydrogen (secondary N) is 1. The molecule has 0 atom stereocenters. The molecule has 0 saturated heterocycles. The van der Waals surface area contributed by atoms with Crippen LogP contribution in [0.25, 0.3) is 0 Å². The highest BCUT2D eigenvalue weighted by atomic mass is 16.4. The van der Waals surface area contributed by atoms with Gasteiger partial charge in [0.15, 0.2) is 5.76 Å². The largest absolute Gasteiger partial charge is 0.455 e. The molecule has 0 aromatic carbocycles. The van der Waals surface area contributed by atoms with E-state index in [0.29, 0.717) is 0 Å². The van der Waals surface area contributed by atoms with Crippen LogP contribution in [0.15, 0.2) is 10.5 Å². The van der Waals surface area contributed by atoms with Crippen molar-refractivity contribution in [1.82, 2.24) is 15.1 Å². The summed E-state index contributed by atoms with van der Waals surface area (Å²) >= 11 is 0. The Morgan fingerprint density at radius 3 is 2.83 bits per heavy atom.